The van der Waals surface area contributed by atoms with Crippen LogP contribution in [0, 0.1) is 5.92 Å². The smallest absolute Gasteiger partial charge is 0.425 e. The molecule has 0 saturated carbocycles. The lowest BCUT2D eigenvalue weighted by atomic mass is 9.81. The molecule has 0 amide bonds. The Morgan fingerprint density at radius 2 is 1.87 bits per heavy atom. The number of carbonyl (C=O) groups is 2. The number of halogens is 5. The number of aromatic carboxylic acids is 1. The summed E-state index contributed by atoms with van der Waals surface area (Å²) in [5, 5.41) is 19.8. The van der Waals surface area contributed by atoms with Gasteiger partial charge in [0.25, 0.3) is 0 Å². The molecule has 0 saturated heterocycles. The molecule has 2 N–H and O–H groups in total. The van der Waals surface area contributed by atoms with E-state index in [4.69, 9.17) is 37.5 Å². The highest BCUT2D eigenvalue weighted by atomic mass is 35.5. The van der Waals surface area contributed by atoms with Gasteiger partial charge in [-0.3, -0.25) is 4.79 Å². The number of carboxylic acid groups (broad SMARTS) is 1. The Kier molecular flexibility index (Phi) is 7.61. The number of ether oxygens (including phenoxy) is 1. The van der Waals surface area contributed by atoms with Gasteiger partial charge in [0, 0.05) is 29.1 Å². The lowest BCUT2D eigenvalue weighted by Gasteiger charge is -2.34. The number of carbonyl (C=O) groups excluding carboxylic acids is 1. The molecule has 1 aromatic carbocycles. The monoisotopic (exact) mass is 582 g/mol. The Bertz CT molecular complexity index is 1520. The molecule has 204 valence electrons. The molecule has 0 aliphatic heterocycles. The van der Waals surface area contributed by atoms with Crippen LogP contribution in [0.15, 0.2) is 59.3 Å². The zero-order valence-electron chi connectivity index (χ0n) is 20.2. The number of pyridine rings is 1. The molecule has 0 spiro atoms. The van der Waals surface area contributed by atoms with Crippen molar-refractivity contribution in [2.45, 2.75) is 31.5 Å². The number of allylic oxidation sites excluding steroid dienone is 4. The third-order valence-electron chi connectivity index (χ3n) is 6.23. The molecule has 13 heteroatoms. The maximum absolute atomic E-state index is 14.4. The van der Waals surface area contributed by atoms with Gasteiger partial charge in [0.05, 0.1) is 22.4 Å². The molecule has 0 bridgehead atoms. The van der Waals surface area contributed by atoms with E-state index in [1.54, 1.807) is 19.1 Å². The third kappa shape index (κ3) is 5.29. The average molecular weight is 583 g/mol. The molecule has 3 atom stereocenters. The molecule has 1 aliphatic carbocycles. The molecule has 39 heavy (non-hydrogen) atoms. The summed E-state index contributed by atoms with van der Waals surface area (Å²) in [5.74, 6) is -5.17. The summed E-state index contributed by atoms with van der Waals surface area (Å²) in [4.78, 5) is 31.2. The van der Waals surface area contributed by atoms with Crippen LogP contribution in [0.3, 0.4) is 0 Å². The second-order valence-corrected chi connectivity index (χ2v) is 9.54. The Morgan fingerprint density at radius 3 is 2.49 bits per heavy atom. The van der Waals surface area contributed by atoms with Crippen molar-refractivity contribution in [1.29, 1.82) is 0 Å². The lowest BCUT2D eigenvalue weighted by Crippen LogP contribution is -2.46. The summed E-state index contributed by atoms with van der Waals surface area (Å²) >= 11 is 12.2. The topological polar surface area (TPSA) is 123 Å². The fraction of sp³-hybridized carbons (Fsp3) is 0.231. The van der Waals surface area contributed by atoms with Gasteiger partial charge in [-0.1, -0.05) is 55.3 Å². The van der Waals surface area contributed by atoms with E-state index in [-0.39, 0.29) is 50.0 Å². The first-order chi connectivity index (χ1) is 18.2. The fourth-order valence-electron chi connectivity index (χ4n) is 3.98. The van der Waals surface area contributed by atoms with Crippen LogP contribution < -0.4 is 4.74 Å². The van der Waals surface area contributed by atoms with Crippen molar-refractivity contribution in [3.63, 3.8) is 0 Å². The average Bonchev–Trinajstić information content (AvgIpc) is 3.34. The van der Waals surface area contributed by atoms with Crippen LogP contribution >= 0.6 is 23.2 Å². The molecule has 0 radical (unpaired) electrons. The number of alkyl halides is 3. The minimum absolute atomic E-state index is 0.0157. The van der Waals surface area contributed by atoms with Crippen molar-refractivity contribution in [2.24, 2.45) is 5.92 Å². The van der Waals surface area contributed by atoms with Crippen molar-refractivity contribution in [3.8, 4) is 11.6 Å². The first-order valence-corrected chi connectivity index (χ1v) is 12.0. The number of aromatic nitrogens is 2. The fourth-order valence-corrected chi connectivity index (χ4v) is 4.54. The summed E-state index contributed by atoms with van der Waals surface area (Å²) in [6.07, 6.45) is 1.05. The second-order valence-electron chi connectivity index (χ2n) is 8.73. The van der Waals surface area contributed by atoms with Crippen molar-refractivity contribution in [2.75, 3.05) is 0 Å². The van der Waals surface area contributed by atoms with Crippen LogP contribution in [0.4, 0.5) is 13.2 Å². The maximum Gasteiger partial charge on any atom is 0.425 e. The number of oxazole rings is 1. The maximum atomic E-state index is 14.4. The van der Waals surface area contributed by atoms with E-state index in [1.165, 1.54) is 24.3 Å². The molecular weight excluding hydrogens is 564 g/mol. The van der Waals surface area contributed by atoms with E-state index >= 15 is 0 Å². The molecule has 8 nitrogen and oxygen atoms in total. The lowest BCUT2D eigenvalue weighted by molar-refractivity contribution is -0.280. The normalized spacial score (nSPS) is 17.9. The van der Waals surface area contributed by atoms with Crippen molar-refractivity contribution >= 4 is 40.5 Å². The molecule has 2 aromatic heterocycles. The summed E-state index contributed by atoms with van der Waals surface area (Å²) in [6, 6.07) is 4.88. The van der Waals surface area contributed by atoms with E-state index in [9.17, 15) is 27.9 Å². The quantitative estimate of drug-likeness (QED) is 0.320. The Morgan fingerprint density at radius 1 is 1.15 bits per heavy atom. The summed E-state index contributed by atoms with van der Waals surface area (Å²) in [7, 11) is 0. The third-order valence-corrected chi connectivity index (χ3v) is 6.87. The van der Waals surface area contributed by atoms with Gasteiger partial charge in [-0.2, -0.15) is 13.2 Å². The predicted molar refractivity (Wildman–Crippen MR) is 134 cm³/mol. The van der Waals surface area contributed by atoms with E-state index in [0.717, 1.165) is 25.4 Å². The number of rotatable bonds is 7. The van der Waals surface area contributed by atoms with Crippen LogP contribution in [-0.2, 0) is 10.4 Å². The second kappa shape index (κ2) is 10.5. The van der Waals surface area contributed by atoms with Crippen LogP contribution in [0.5, 0.6) is 11.6 Å². The van der Waals surface area contributed by atoms with Crippen LogP contribution in [0.1, 0.15) is 47.3 Å². The number of aliphatic hydroxyl groups is 1. The Hall–Kier alpha value is -3.67. The Labute approximate surface area is 229 Å². The number of carboxylic acids is 1. The highest BCUT2D eigenvalue weighted by Gasteiger charge is 2.61. The van der Waals surface area contributed by atoms with Gasteiger partial charge in [0.15, 0.2) is 11.5 Å². The zero-order chi connectivity index (χ0) is 28.7. The van der Waals surface area contributed by atoms with Crippen molar-refractivity contribution < 1.29 is 42.1 Å². The van der Waals surface area contributed by atoms with Gasteiger partial charge in [-0.25, -0.2) is 14.8 Å². The van der Waals surface area contributed by atoms with Crippen LogP contribution in [-0.4, -0.2) is 38.1 Å². The largest absolute Gasteiger partial charge is 0.478 e. The number of benzene rings is 1. The standard InChI is InChI=1S/C26H19Cl2F3N2O6/c1-12-4-3-5-16(22(12)34)23-33-11-20(39-23)25(37,26(29,30)31)13(2)15-7-6-14(8-18(15)27)38-21-9-19(28)17(10-32-21)24(35)36/h3-13,37H,1-2H3,(H,35,36). The number of hydrogen-bond donors (Lipinski definition) is 2. The number of ketones is 1. The number of nitrogens with zero attached hydrogens (tertiary/aromatic N) is 2. The van der Waals surface area contributed by atoms with E-state index in [2.05, 4.69) is 9.97 Å². The summed E-state index contributed by atoms with van der Waals surface area (Å²) in [5.41, 5.74) is -3.92. The molecular formula is C26H19Cl2F3N2O6. The highest BCUT2D eigenvalue weighted by Crippen LogP contribution is 2.50. The zero-order valence-corrected chi connectivity index (χ0v) is 21.7. The molecule has 4 rings (SSSR count). The van der Waals surface area contributed by atoms with Gasteiger partial charge in [0.1, 0.15) is 5.75 Å². The van der Waals surface area contributed by atoms with E-state index in [1.807, 2.05) is 0 Å². The Balaban J connectivity index is 1.65. The highest BCUT2D eigenvalue weighted by molar-refractivity contribution is 6.33. The van der Waals surface area contributed by atoms with E-state index < -0.39 is 35.3 Å². The minimum atomic E-state index is -5.23. The molecule has 3 aromatic rings. The molecule has 2 heterocycles. The predicted octanol–water partition coefficient (Wildman–Crippen LogP) is 6.58. The molecule has 0 fully saturated rings. The van der Waals surface area contributed by atoms with Crippen LogP contribution in [0.25, 0.3) is 5.57 Å². The molecule has 3 unspecified atom stereocenters. The van der Waals surface area contributed by atoms with Gasteiger partial charge >= 0.3 is 12.1 Å². The van der Waals surface area contributed by atoms with Crippen molar-refractivity contribution in [1.82, 2.24) is 9.97 Å². The van der Waals surface area contributed by atoms with Gasteiger partial charge in [-0.15, -0.1) is 0 Å². The summed E-state index contributed by atoms with van der Waals surface area (Å²) in [6.45, 7) is 2.73. The van der Waals surface area contributed by atoms with Gasteiger partial charge in [0.2, 0.25) is 17.4 Å². The first kappa shape index (κ1) is 28.3. The first-order valence-electron chi connectivity index (χ1n) is 11.3. The van der Waals surface area contributed by atoms with E-state index in [0.29, 0.717) is 0 Å². The van der Waals surface area contributed by atoms with Gasteiger partial charge < -0.3 is 19.4 Å². The SMILES string of the molecule is CC1C=CC=C(c2ncc(C(O)(C(C)c3ccc(Oc4cc(Cl)c(C(=O)O)cn4)cc3Cl)C(F)(F)F)o2)C1=O. The van der Waals surface area contributed by atoms with Gasteiger partial charge in [-0.05, 0) is 23.8 Å². The minimum Gasteiger partial charge on any atom is -0.478 e. The molecule has 1 aliphatic rings. The number of Topliss-reactive ketones (excluding diaryl/α,β-unsaturated/α-hetero) is 1. The number of hydrogen-bond acceptors (Lipinski definition) is 7. The van der Waals surface area contributed by atoms with Crippen molar-refractivity contribution in [3.05, 3.63) is 87.7 Å². The summed E-state index contributed by atoms with van der Waals surface area (Å²) < 4.78 is 54.0. The van der Waals surface area contributed by atoms with Crippen LogP contribution in [0.2, 0.25) is 10.0 Å².